The van der Waals surface area contributed by atoms with Crippen molar-refractivity contribution in [2.45, 2.75) is 45.8 Å². The average molecular weight is 307 g/mol. The van der Waals surface area contributed by atoms with Gasteiger partial charge < -0.3 is 9.31 Å². The van der Waals surface area contributed by atoms with Crippen LogP contribution >= 0.6 is 11.6 Å². The first kappa shape index (κ1) is 14.9. The van der Waals surface area contributed by atoms with Crippen molar-refractivity contribution in [1.82, 2.24) is 9.78 Å². The number of fused-ring (bicyclic) bond motifs is 1. The topological polar surface area (TPSA) is 36.3 Å². The summed E-state index contributed by atoms with van der Waals surface area (Å²) in [6, 6.07) is 2.01. The van der Waals surface area contributed by atoms with Crippen LogP contribution in [0.3, 0.4) is 0 Å². The summed E-state index contributed by atoms with van der Waals surface area (Å²) in [6.45, 7) is 10.2. The predicted octanol–water partition coefficient (Wildman–Crippen LogP) is 2.83. The minimum atomic E-state index is -0.453. The maximum absolute atomic E-state index is 6.58. The number of aryl methyl sites for hydroxylation is 2. The van der Waals surface area contributed by atoms with E-state index >= 15 is 0 Å². The highest BCUT2D eigenvalue weighted by atomic mass is 35.5. The predicted molar refractivity (Wildman–Crippen MR) is 86.2 cm³/mol. The molecule has 2 heterocycles. The Morgan fingerprint density at radius 2 is 1.76 bits per heavy atom. The van der Waals surface area contributed by atoms with E-state index in [1.54, 1.807) is 4.68 Å². The molecule has 112 valence electrons. The first-order chi connectivity index (χ1) is 9.62. The van der Waals surface area contributed by atoms with Crippen LogP contribution in [0.4, 0.5) is 0 Å². The number of aromatic nitrogens is 2. The zero-order valence-corrected chi connectivity index (χ0v) is 14.1. The summed E-state index contributed by atoms with van der Waals surface area (Å²) in [6.07, 6.45) is 1.93. The zero-order valence-electron chi connectivity index (χ0n) is 13.3. The van der Waals surface area contributed by atoms with Crippen LogP contribution < -0.4 is 5.46 Å². The molecule has 0 radical (unpaired) electrons. The summed E-state index contributed by atoms with van der Waals surface area (Å²) >= 11 is 6.58. The Balaban J connectivity index is 2.12. The van der Waals surface area contributed by atoms with E-state index < -0.39 is 7.12 Å². The maximum Gasteiger partial charge on any atom is 0.496 e. The van der Waals surface area contributed by atoms with Gasteiger partial charge in [0.15, 0.2) is 0 Å². The van der Waals surface area contributed by atoms with Crippen LogP contribution in [-0.2, 0) is 16.4 Å². The Kier molecular flexibility index (Phi) is 3.17. The lowest BCUT2D eigenvalue weighted by Crippen LogP contribution is -2.41. The molecule has 1 aromatic heterocycles. The lowest BCUT2D eigenvalue weighted by atomic mass is 9.77. The average Bonchev–Trinajstić information content (AvgIpc) is 2.83. The largest absolute Gasteiger partial charge is 0.496 e. The van der Waals surface area contributed by atoms with E-state index in [1.807, 2.05) is 53.9 Å². The van der Waals surface area contributed by atoms with Crippen LogP contribution in [0.25, 0.3) is 10.9 Å². The summed E-state index contributed by atoms with van der Waals surface area (Å²) in [5.74, 6) is 0. The third kappa shape index (κ3) is 2.19. The van der Waals surface area contributed by atoms with Gasteiger partial charge in [-0.15, -0.1) is 0 Å². The summed E-state index contributed by atoms with van der Waals surface area (Å²) in [4.78, 5) is 0. The van der Waals surface area contributed by atoms with Gasteiger partial charge in [0.2, 0.25) is 0 Å². The third-order valence-electron chi connectivity index (χ3n) is 4.57. The van der Waals surface area contributed by atoms with Crippen LogP contribution in [0.5, 0.6) is 0 Å². The molecule has 0 amide bonds. The summed E-state index contributed by atoms with van der Waals surface area (Å²) in [5.41, 5.74) is 2.10. The van der Waals surface area contributed by atoms with Crippen molar-refractivity contribution in [3.63, 3.8) is 0 Å². The Labute approximate surface area is 130 Å². The number of nitrogens with zero attached hydrogens (tertiary/aromatic N) is 2. The van der Waals surface area contributed by atoms with Gasteiger partial charge in [-0.3, -0.25) is 4.68 Å². The molecule has 1 fully saturated rings. The first-order valence-corrected chi connectivity index (χ1v) is 7.48. The Hall–Kier alpha value is -1.04. The quantitative estimate of drug-likeness (QED) is 0.760. The molecule has 0 bridgehead atoms. The van der Waals surface area contributed by atoms with E-state index in [-0.39, 0.29) is 11.2 Å². The minimum absolute atomic E-state index is 0.376. The van der Waals surface area contributed by atoms with E-state index in [4.69, 9.17) is 20.9 Å². The lowest BCUT2D eigenvalue weighted by Gasteiger charge is -2.32. The second-order valence-electron chi connectivity index (χ2n) is 6.75. The van der Waals surface area contributed by atoms with Crippen LogP contribution in [0.1, 0.15) is 33.3 Å². The highest BCUT2D eigenvalue weighted by Gasteiger charge is 2.52. The second-order valence-corrected chi connectivity index (χ2v) is 7.13. The van der Waals surface area contributed by atoms with Gasteiger partial charge in [0, 0.05) is 24.1 Å². The molecule has 1 aliphatic rings. The van der Waals surface area contributed by atoms with Crippen molar-refractivity contribution in [2.24, 2.45) is 7.05 Å². The standard InChI is InChI=1S/C15H20BClN2O2/c1-9-7-11(12(17)10-8-19(6)18-13(9)10)16-20-14(2,3)15(4,5)21-16/h7-8H,1-6H3. The van der Waals surface area contributed by atoms with Crippen molar-refractivity contribution in [3.8, 4) is 0 Å². The summed E-state index contributed by atoms with van der Waals surface area (Å²) < 4.78 is 14.0. The van der Waals surface area contributed by atoms with Gasteiger partial charge in [-0.2, -0.15) is 5.10 Å². The molecule has 0 N–H and O–H groups in total. The fourth-order valence-corrected chi connectivity index (χ4v) is 2.88. The van der Waals surface area contributed by atoms with Crippen LogP contribution in [0.15, 0.2) is 12.3 Å². The van der Waals surface area contributed by atoms with Crippen molar-refractivity contribution >= 4 is 35.1 Å². The van der Waals surface area contributed by atoms with Crippen LogP contribution in [0, 0.1) is 6.92 Å². The van der Waals surface area contributed by atoms with Crippen LogP contribution in [0.2, 0.25) is 5.02 Å². The summed E-state index contributed by atoms with van der Waals surface area (Å²) in [7, 11) is 1.44. The lowest BCUT2D eigenvalue weighted by molar-refractivity contribution is 0.00578. The van der Waals surface area contributed by atoms with Crippen molar-refractivity contribution in [1.29, 1.82) is 0 Å². The molecule has 1 aliphatic heterocycles. The highest BCUT2D eigenvalue weighted by molar-refractivity contribution is 6.66. The first-order valence-electron chi connectivity index (χ1n) is 7.10. The molecule has 1 saturated heterocycles. The number of hydrogen-bond acceptors (Lipinski definition) is 3. The fourth-order valence-electron chi connectivity index (χ4n) is 2.60. The third-order valence-corrected chi connectivity index (χ3v) is 4.99. The molecule has 0 atom stereocenters. The SMILES string of the molecule is Cc1cc(B2OC(C)(C)C(C)(C)O2)c(Cl)c2cn(C)nc12. The molecular formula is C15H20BClN2O2. The number of halogens is 1. The van der Waals surface area contributed by atoms with Gasteiger partial charge >= 0.3 is 7.12 Å². The normalized spacial score (nSPS) is 20.4. The fraction of sp³-hybridized carbons (Fsp3) is 0.533. The monoisotopic (exact) mass is 306 g/mol. The molecule has 2 aromatic rings. The van der Waals surface area contributed by atoms with E-state index in [2.05, 4.69) is 5.10 Å². The smallest absolute Gasteiger partial charge is 0.399 e. The van der Waals surface area contributed by atoms with E-state index in [0.717, 1.165) is 21.9 Å². The molecule has 0 spiro atoms. The van der Waals surface area contributed by atoms with Crippen molar-refractivity contribution in [2.75, 3.05) is 0 Å². The van der Waals surface area contributed by atoms with E-state index in [1.165, 1.54) is 0 Å². The maximum atomic E-state index is 6.58. The highest BCUT2D eigenvalue weighted by Crippen LogP contribution is 2.37. The van der Waals surface area contributed by atoms with Gasteiger partial charge in [0.05, 0.1) is 21.7 Å². The molecule has 0 unspecified atom stereocenters. The Morgan fingerprint density at radius 3 is 2.33 bits per heavy atom. The van der Waals surface area contributed by atoms with Gasteiger partial charge in [-0.05, 0) is 40.2 Å². The summed E-state index contributed by atoms with van der Waals surface area (Å²) in [5, 5.41) is 6.04. The van der Waals surface area contributed by atoms with Gasteiger partial charge in [-0.25, -0.2) is 0 Å². The number of hydrogen-bond donors (Lipinski definition) is 0. The zero-order chi connectivity index (χ0) is 15.6. The van der Waals surface area contributed by atoms with Crippen LogP contribution in [-0.4, -0.2) is 28.1 Å². The molecule has 0 saturated carbocycles. The molecule has 21 heavy (non-hydrogen) atoms. The molecule has 0 aliphatic carbocycles. The van der Waals surface area contributed by atoms with E-state index in [0.29, 0.717) is 5.02 Å². The van der Waals surface area contributed by atoms with Gasteiger partial charge in [-0.1, -0.05) is 17.7 Å². The molecule has 6 heteroatoms. The van der Waals surface area contributed by atoms with Gasteiger partial charge in [0.1, 0.15) is 0 Å². The van der Waals surface area contributed by atoms with Crippen molar-refractivity contribution < 1.29 is 9.31 Å². The molecular weight excluding hydrogens is 286 g/mol. The van der Waals surface area contributed by atoms with Crippen molar-refractivity contribution in [3.05, 3.63) is 22.8 Å². The van der Waals surface area contributed by atoms with Gasteiger partial charge in [0.25, 0.3) is 0 Å². The Morgan fingerprint density at radius 1 is 1.19 bits per heavy atom. The van der Waals surface area contributed by atoms with E-state index in [9.17, 15) is 0 Å². The number of benzene rings is 1. The second kappa shape index (κ2) is 4.48. The molecule has 3 rings (SSSR count). The minimum Gasteiger partial charge on any atom is -0.399 e. The Bertz CT molecular complexity index is 708. The number of rotatable bonds is 1. The molecule has 4 nitrogen and oxygen atoms in total. The molecule has 1 aromatic carbocycles.